The molecule has 0 aliphatic heterocycles. The van der Waals surface area contributed by atoms with Gasteiger partial charge < -0.3 is 5.32 Å². The molecule has 0 saturated carbocycles. The molecule has 1 nitrogen and oxygen atoms in total. The van der Waals surface area contributed by atoms with Crippen molar-refractivity contribution in [1.29, 1.82) is 0 Å². The van der Waals surface area contributed by atoms with E-state index in [0.29, 0.717) is 5.54 Å². The van der Waals surface area contributed by atoms with Crippen LogP contribution in [0.2, 0.25) is 0 Å². The molecule has 1 N–H and O–H groups in total. The van der Waals surface area contributed by atoms with Crippen molar-refractivity contribution < 1.29 is 0 Å². The SMILES string of the molecule is CCNC(CC)(CC)CC.Cl. The van der Waals surface area contributed by atoms with Gasteiger partial charge >= 0.3 is 0 Å². The van der Waals surface area contributed by atoms with Crippen molar-refractivity contribution in [1.82, 2.24) is 5.32 Å². The van der Waals surface area contributed by atoms with E-state index in [2.05, 4.69) is 33.0 Å². The van der Waals surface area contributed by atoms with Gasteiger partial charge in [-0.05, 0) is 25.8 Å². The summed E-state index contributed by atoms with van der Waals surface area (Å²) < 4.78 is 0. The van der Waals surface area contributed by atoms with Crippen molar-refractivity contribution in [2.75, 3.05) is 6.54 Å². The van der Waals surface area contributed by atoms with E-state index in [-0.39, 0.29) is 12.4 Å². The Morgan fingerprint density at radius 1 is 0.909 bits per heavy atom. The van der Waals surface area contributed by atoms with Gasteiger partial charge in [0.25, 0.3) is 0 Å². The second-order valence-electron chi connectivity index (χ2n) is 2.87. The Kier molecular flexibility index (Phi) is 8.70. The van der Waals surface area contributed by atoms with Gasteiger partial charge in [0.15, 0.2) is 0 Å². The Morgan fingerprint density at radius 3 is 1.36 bits per heavy atom. The van der Waals surface area contributed by atoms with Crippen LogP contribution in [0.4, 0.5) is 0 Å². The van der Waals surface area contributed by atoms with Crippen LogP contribution in [-0.4, -0.2) is 12.1 Å². The summed E-state index contributed by atoms with van der Waals surface area (Å²) in [5, 5.41) is 3.55. The summed E-state index contributed by atoms with van der Waals surface area (Å²) in [7, 11) is 0. The zero-order chi connectivity index (χ0) is 8.04. The number of hydrogen-bond acceptors (Lipinski definition) is 1. The van der Waals surface area contributed by atoms with Crippen molar-refractivity contribution in [3.63, 3.8) is 0 Å². The molecule has 0 rings (SSSR count). The fraction of sp³-hybridized carbons (Fsp3) is 1.00. The average Bonchev–Trinajstić information content (AvgIpc) is 2.01. The highest BCUT2D eigenvalue weighted by Gasteiger charge is 2.21. The summed E-state index contributed by atoms with van der Waals surface area (Å²) in [4.78, 5) is 0. The smallest absolute Gasteiger partial charge is 0.0173 e. The lowest BCUT2D eigenvalue weighted by Gasteiger charge is -2.31. The topological polar surface area (TPSA) is 12.0 Å². The van der Waals surface area contributed by atoms with Gasteiger partial charge in [0.05, 0.1) is 0 Å². The van der Waals surface area contributed by atoms with Gasteiger partial charge in [0.2, 0.25) is 0 Å². The first kappa shape index (κ1) is 13.8. The second-order valence-corrected chi connectivity index (χ2v) is 2.87. The summed E-state index contributed by atoms with van der Waals surface area (Å²) in [5.41, 5.74) is 0.425. The molecular formula is C9H22ClN. The third-order valence-corrected chi connectivity index (χ3v) is 2.58. The van der Waals surface area contributed by atoms with Crippen molar-refractivity contribution >= 4 is 12.4 Å². The Morgan fingerprint density at radius 2 is 1.27 bits per heavy atom. The third-order valence-electron chi connectivity index (χ3n) is 2.58. The van der Waals surface area contributed by atoms with Crippen molar-refractivity contribution in [2.24, 2.45) is 0 Å². The zero-order valence-corrected chi connectivity index (χ0v) is 9.05. The fourth-order valence-corrected chi connectivity index (χ4v) is 1.50. The largest absolute Gasteiger partial charge is 0.312 e. The third kappa shape index (κ3) is 3.97. The zero-order valence-electron chi connectivity index (χ0n) is 8.24. The highest BCUT2D eigenvalue weighted by atomic mass is 35.5. The minimum Gasteiger partial charge on any atom is -0.312 e. The van der Waals surface area contributed by atoms with Crippen LogP contribution < -0.4 is 5.32 Å². The summed E-state index contributed by atoms with van der Waals surface area (Å²) in [6, 6.07) is 0. The molecule has 0 aliphatic carbocycles. The summed E-state index contributed by atoms with van der Waals surface area (Å²) in [5.74, 6) is 0. The van der Waals surface area contributed by atoms with Gasteiger partial charge in [-0.1, -0.05) is 27.7 Å². The summed E-state index contributed by atoms with van der Waals surface area (Å²) in [6.45, 7) is 10.0. The predicted octanol–water partition coefficient (Wildman–Crippen LogP) is 2.99. The molecule has 0 aliphatic rings. The van der Waals surface area contributed by atoms with Crippen molar-refractivity contribution in [3.05, 3.63) is 0 Å². The standard InChI is InChI=1S/C9H21N.ClH/c1-5-9(6-2,7-3)10-8-4;/h10H,5-8H2,1-4H3;1H. The van der Waals surface area contributed by atoms with Crippen LogP contribution in [0.5, 0.6) is 0 Å². The van der Waals surface area contributed by atoms with Crippen molar-refractivity contribution in [3.8, 4) is 0 Å². The van der Waals surface area contributed by atoms with Crippen LogP contribution >= 0.6 is 12.4 Å². The minimum atomic E-state index is 0. The van der Waals surface area contributed by atoms with Gasteiger partial charge in [0, 0.05) is 5.54 Å². The monoisotopic (exact) mass is 179 g/mol. The van der Waals surface area contributed by atoms with Gasteiger partial charge in [0.1, 0.15) is 0 Å². The highest BCUT2D eigenvalue weighted by Crippen LogP contribution is 2.18. The Balaban J connectivity index is 0. The summed E-state index contributed by atoms with van der Waals surface area (Å²) >= 11 is 0. The van der Waals surface area contributed by atoms with Crippen LogP contribution in [0.15, 0.2) is 0 Å². The molecule has 0 spiro atoms. The molecule has 0 radical (unpaired) electrons. The molecule has 2 heteroatoms. The molecule has 0 unspecified atom stereocenters. The maximum Gasteiger partial charge on any atom is 0.0173 e. The Labute approximate surface area is 77.4 Å². The molecule has 0 aromatic carbocycles. The lowest BCUT2D eigenvalue weighted by atomic mass is 9.90. The van der Waals surface area contributed by atoms with Gasteiger partial charge in [-0.25, -0.2) is 0 Å². The maximum absolute atomic E-state index is 3.55. The first-order valence-electron chi connectivity index (χ1n) is 4.49. The molecule has 0 bridgehead atoms. The average molecular weight is 180 g/mol. The van der Waals surface area contributed by atoms with E-state index < -0.39 is 0 Å². The minimum absolute atomic E-state index is 0. The van der Waals surface area contributed by atoms with E-state index in [1.165, 1.54) is 19.3 Å². The first-order valence-corrected chi connectivity index (χ1v) is 4.49. The molecule has 0 fully saturated rings. The van der Waals surface area contributed by atoms with Gasteiger partial charge in [-0.2, -0.15) is 0 Å². The first-order chi connectivity index (χ1) is 4.74. The van der Waals surface area contributed by atoms with E-state index in [1.54, 1.807) is 0 Å². The number of halogens is 1. The number of hydrogen-bond donors (Lipinski definition) is 1. The fourth-order valence-electron chi connectivity index (χ4n) is 1.50. The molecule has 0 amide bonds. The van der Waals surface area contributed by atoms with Crippen LogP contribution in [0.25, 0.3) is 0 Å². The lowest BCUT2D eigenvalue weighted by Crippen LogP contribution is -2.43. The lowest BCUT2D eigenvalue weighted by molar-refractivity contribution is 0.297. The van der Waals surface area contributed by atoms with Crippen molar-refractivity contribution in [2.45, 2.75) is 52.5 Å². The molecule has 0 atom stereocenters. The normalized spacial score (nSPS) is 10.9. The van der Waals surface area contributed by atoms with E-state index in [4.69, 9.17) is 0 Å². The highest BCUT2D eigenvalue weighted by molar-refractivity contribution is 5.85. The molecule has 0 aromatic heterocycles. The summed E-state index contributed by atoms with van der Waals surface area (Å²) in [6.07, 6.45) is 3.73. The van der Waals surface area contributed by atoms with Gasteiger partial charge in [-0.15, -0.1) is 12.4 Å². The second kappa shape index (κ2) is 6.93. The Bertz CT molecular complexity index is 71.4. The van der Waals surface area contributed by atoms with E-state index in [1.807, 2.05) is 0 Å². The Hall–Kier alpha value is 0.250. The molecule has 70 valence electrons. The quantitative estimate of drug-likeness (QED) is 0.685. The molecule has 0 aromatic rings. The van der Waals surface area contributed by atoms with Gasteiger partial charge in [-0.3, -0.25) is 0 Å². The van der Waals surface area contributed by atoms with Crippen LogP contribution in [0.3, 0.4) is 0 Å². The van der Waals surface area contributed by atoms with E-state index >= 15 is 0 Å². The van der Waals surface area contributed by atoms with E-state index in [9.17, 15) is 0 Å². The van der Waals surface area contributed by atoms with Crippen LogP contribution in [0, 0.1) is 0 Å². The molecule has 0 heterocycles. The number of nitrogens with one attached hydrogen (secondary N) is 1. The van der Waals surface area contributed by atoms with Crippen LogP contribution in [0.1, 0.15) is 47.0 Å². The van der Waals surface area contributed by atoms with Crippen LogP contribution in [-0.2, 0) is 0 Å². The maximum atomic E-state index is 3.55. The molecular weight excluding hydrogens is 158 g/mol. The predicted molar refractivity (Wildman–Crippen MR) is 54.5 cm³/mol. The number of rotatable bonds is 5. The molecule has 0 saturated heterocycles. The molecule has 11 heavy (non-hydrogen) atoms. The van der Waals surface area contributed by atoms with E-state index in [0.717, 1.165) is 6.54 Å².